The molecule has 32 heavy (non-hydrogen) atoms. The molecule has 0 aliphatic carbocycles. The van der Waals surface area contributed by atoms with Gasteiger partial charge in [-0.05, 0) is 47.2 Å². The first kappa shape index (κ1) is 23.2. The lowest BCUT2D eigenvalue weighted by molar-refractivity contribution is -0.142. The van der Waals surface area contributed by atoms with E-state index < -0.39 is 17.1 Å². The van der Waals surface area contributed by atoms with E-state index in [1.54, 1.807) is 30.3 Å². The third-order valence-corrected chi connectivity index (χ3v) is 5.64. The van der Waals surface area contributed by atoms with Crippen LogP contribution in [-0.4, -0.2) is 42.8 Å². The average molecular weight is 473 g/mol. The Hall–Kier alpha value is -3.48. The first-order valence-corrected chi connectivity index (χ1v) is 10.4. The zero-order chi connectivity index (χ0) is 23.3. The topological polar surface area (TPSA) is 106 Å². The Balaban J connectivity index is 1.84. The summed E-state index contributed by atoms with van der Waals surface area (Å²) < 4.78 is 15.2. The molecule has 0 atom stereocenters. The molecule has 0 bridgehead atoms. The van der Waals surface area contributed by atoms with Crippen molar-refractivity contribution in [3.05, 3.63) is 63.0 Å². The third kappa shape index (κ3) is 5.04. The number of benzene rings is 2. The number of hydrogen-bond donors (Lipinski definition) is 0. The van der Waals surface area contributed by atoms with Gasteiger partial charge in [-0.1, -0.05) is 29.8 Å². The molecule has 1 aliphatic heterocycles. The van der Waals surface area contributed by atoms with E-state index in [2.05, 4.69) is 10.8 Å². The molecule has 0 aromatic heterocycles. The number of thioether (sulfide) groups is 1. The van der Waals surface area contributed by atoms with Gasteiger partial charge in [0.05, 0.1) is 42.3 Å². The van der Waals surface area contributed by atoms with E-state index in [-0.39, 0.29) is 34.6 Å². The van der Waals surface area contributed by atoms with E-state index in [0.717, 1.165) is 16.7 Å². The first-order chi connectivity index (χ1) is 15.4. The summed E-state index contributed by atoms with van der Waals surface area (Å²) >= 11 is 7.06. The molecule has 2 aromatic carbocycles. The summed E-state index contributed by atoms with van der Waals surface area (Å²) in [4.78, 5) is 37.9. The van der Waals surface area contributed by atoms with E-state index in [0.29, 0.717) is 16.7 Å². The zero-order valence-corrected chi connectivity index (χ0v) is 18.7. The molecule has 0 saturated carbocycles. The Bertz CT molecular complexity index is 1160. The highest BCUT2D eigenvalue weighted by atomic mass is 35.5. The van der Waals surface area contributed by atoms with Crippen LogP contribution in [0.3, 0.4) is 0 Å². The molecule has 1 heterocycles. The minimum atomic E-state index is -0.584. The summed E-state index contributed by atoms with van der Waals surface area (Å²) in [5.41, 5.74) is 1.48. The van der Waals surface area contributed by atoms with Gasteiger partial charge in [0.25, 0.3) is 11.1 Å². The van der Waals surface area contributed by atoms with Gasteiger partial charge in [-0.25, -0.2) is 4.79 Å². The number of esters is 1. The molecular formula is C22H17ClN2O6S. The molecule has 10 heteroatoms. The second kappa shape index (κ2) is 10.2. The lowest BCUT2D eigenvalue weighted by Gasteiger charge is -2.13. The number of carbonyl (C=O) groups is 3. The minimum Gasteiger partial charge on any atom is -0.493 e. The minimum absolute atomic E-state index is 0.00385. The summed E-state index contributed by atoms with van der Waals surface area (Å²) in [7, 11) is 2.64. The Labute approximate surface area is 193 Å². The number of amides is 2. The van der Waals surface area contributed by atoms with Crippen LogP contribution >= 0.6 is 23.4 Å². The van der Waals surface area contributed by atoms with Gasteiger partial charge in [-0.3, -0.25) is 14.5 Å². The fourth-order valence-corrected chi connectivity index (χ4v) is 3.99. The van der Waals surface area contributed by atoms with Crippen molar-refractivity contribution in [1.29, 1.82) is 5.26 Å². The molecule has 1 saturated heterocycles. The van der Waals surface area contributed by atoms with E-state index in [1.165, 1.54) is 26.4 Å². The molecule has 164 valence electrons. The maximum Gasteiger partial charge on any atom is 0.343 e. The largest absolute Gasteiger partial charge is 0.493 e. The van der Waals surface area contributed by atoms with Crippen LogP contribution < -0.4 is 9.47 Å². The Morgan fingerprint density at radius 3 is 2.69 bits per heavy atom. The predicted octanol–water partition coefficient (Wildman–Crippen LogP) is 4.01. The molecule has 0 N–H and O–H groups in total. The van der Waals surface area contributed by atoms with Crippen molar-refractivity contribution in [3.63, 3.8) is 0 Å². The van der Waals surface area contributed by atoms with Gasteiger partial charge < -0.3 is 14.2 Å². The molecule has 1 aliphatic rings. The van der Waals surface area contributed by atoms with Gasteiger partial charge >= 0.3 is 5.97 Å². The van der Waals surface area contributed by atoms with Crippen LogP contribution in [0.15, 0.2) is 41.3 Å². The average Bonchev–Trinajstić information content (AvgIpc) is 3.05. The molecule has 2 aromatic rings. The van der Waals surface area contributed by atoms with Crippen LogP contribution in [0.1, 0.15) is 16.7 Å². The van der Waals surface area contributed by atoms with Crippen molar-refractivity contribution < 1.29 is 28.6 Å². The highest BCUT2D eigenvalue weighted by Gasteiger charge is 2.35. The van der Waals surface area contributed by atoms with Crippen molar-refractivity contribution >= 4 is 46.6 Å². The quantitative estimate of drug-likeness (QED) is 0.439. The van der Waals surface area contributed by atoms with Gasteiger partial charge in [0.1, 0.15) is 0 Å². The van der Waals surface area contributed by atoms with Crippen LogP contribution in [-0.2, 0) is 20.9 Å². The highest BCUT2D eigenvalue weighted by molar-refractivity contribution is 8.18. The van der Waals surface area contributed by atoms with Crippen LogP contribution in [0.4, 0.5) is 4.79 Å². The first-order valence-electron chi connectivity index (χ1n) is 9.18. The maximum atomic E-state index is 12.8. The van der Waals surface area contributed by atoms with Crippen molar-refractivity contribution in [2.24, 2.45) is 0 Å². The lowest BCUT2D eigenvalue weighted by atomic mass is 10.1. The van der Waals surface area contributed by atoms with Crippen molar-refractivity contribution in [2.45, 2.75) is 6.54 Å². The standard InChI is InChI=1S/C22H17ClN2O6S/c1-29-17-8-13(7-16(23)20(17)31-12-19(26)30-2)9-18-21(27)25(22(28)32-18)11-15-6-4-3-5-14(15)10-24/h3-9H,11-12H2,1-2H3/b18-9+. The van der Waals surface area contributed by atoms with Crippen molar-refractivity contribution in [3.8, 4) is 17.6 Å². The fraction of sp³-hybridized carbons (Fsp3) is 0.182. The number of imide groups is 1. The number of rotatable bonds is 7. The predicted molar refractivity (Wildman–Crippen MR) is 118 cm³/mol. The van der Waals surface area contributed by atoms with Gasteiger partial charge in [-0.2, -0.15) is 5.26 Å². The van der Waals surface area contributed by atoms with Gasteiger partial charge in [0.2, 0.25) is 0 Å². The smallest absolute Gasteiger partial charge is 0.343 e. The monoisotopic (exact) mass is 472 g/mol. The SMILES string of the molecule is COC(=O)COc1c(Cl)cc(/C=C2/SC(=O)N(Cc3ccccc3C#N)C2=O)cc1OC. The lowest BCUT2D eigenvalue weighted by Crippen LogP contribution is -2.27. The normalized spacial score (nSPS) is 14.4. The second-order valence-electron chi connectivity index (χ2n) is 6.44. The second-order valence-corrected chi connectivity index (χ2v) is 7.84. The number of carbonyl (C=O) groups excluding carboxylic acids is 3. The van der Waals surface area contributed by atoms with Gasteiger partial charge in [0.15, 0.2) is 18.1 Å². The zero-order valence-electron chi connectivity index (χ0n) is 17.1. The maximum absolute atomic E-state index is 12.8. The van der Waals surface area contributed by atoms with E-state index in [9.17, 15) is 19.6 Å². The molecule has 0 radical (unpaired) electrons. The number of nitrogens with zero attached hydrogens (tertiary/aromatic N) is 2. The highest BCUT2D eigenvalue weighted by Crippen LogP contribution is 2.39. The Morgan fingerprint density at radius 2 is 2.00 bits per heavy atom. The fourth-order valence-electron chi connectivity index (χ4n) is 2.88. The molecule has 2 amide bonds. The molecule has 1 fully saturated rings. The van der Waals surface area contributed by atoms with Crippen molar-refractivity contribution in [1.82, 2.24) is 4.90 Å². The summed E-state index contributed by atoms with van der Waals surface area (Å²) in [6.07, 6.45) is 1.51. The van der Waals surface area contributed by atoms with Gasteiger partial charge in [0, 0.05) is 0 Å². The van der Waals surface area contributed by atoms with Crippen molar-refractivity contribution in [2.75, 3.05) is 20.8 Å². The summed E-state index contributed by atoms with van der Waals surface area (Å²) in [5, 5.41) is 8.95. The third-order valence-electron chi connectivity index (χ3n) is 4.45. The number of halogens is 1. The van der Waals surface area contributed by atoms with Gasteiger partial charge in [-0.15, -0.1) is 0 Å². The van der Waals surface area contributed by atoms with E-state index in [1.807, 2.05) is 0 Å². The number of methoxy groups -OCH3 is 2. The summed E-state index contributed by atoms with van der Waals surface area (Å²) in [5.74, 6) is -0.666. The van der Waals surface area contributed by atoms with Crippen LogP contribution in [0, 0.1) is 11.3 Å². The summed E-state index contributed by atoms with van der Waals surface area (Å²) in [6, 6.07) is 11.9. The molecule has 3 rings (SSSR count). The van der Waals surface area contributed by atoms with E-state index in [4.69, 9.17) is 21.1 Å². The van der Waals surface area contributed by atoms with Crippen LogP contribution in [0.2, 0.25) is 5.02 Å². The number of hydrogen-bond acceptors (Lipinski definition) is 8. The Kier molecular flexibility index (Phi) is 7.41. The Morgan fingerprint density at radius 1 is 1.25 bits per heavy atom. The molecule has 0 unspecified atom stereocenters. The summed E-state index contributed by atoms with van der Waals surface area (Å²) in [6.45, 7) is -0.356. The number of ether oxygens (including phenoxy) is 3. The molecular weight excluding hydrogens is 456 g/mol. The van der Waals surface area contributed by atoms with E-state index >= 15 is 0 Å². The van der Waals surface area contributed by atoms with Crippen LogP contribution in [0.25, 0.3) is 6.08 Å². The van der Waals surface area contributed by atoms with Crippen LogP contribution in [0.5, 0.6) is 11.5 Å². The molecule has 0 spiro atoms. The molecule has 8 nitrogen and oxygen atoms in total. The number of nitriles is 1.